The molecular formula is C15H18BrNO3. The summed E-state index contributed by atoms with van der Waals surface area (Å²) in [7, 11) is 0. The Balaban J connectivity index is 2.49. The van der Waals surface area contributed by atoms with E-state index in [2.05, 4.69) is 15.9 Å². The highest BCUT2D eigenvalue weighted by Gasteiger charge is 2.50. The highest BCUT2D eigenvalue weighted by Crippen LogP contribution is 2.43. The summed E-state index contributed by atoms with van der Waals surface area (Å²) < 4.78 is 0. The average molecular weight is 340 g/mol. The molecule has 1 amide bonds. The molecule has 0 spiro atoms. The van der Waals surface area contributed by atoms with Crippen molar-refractivity contribution in [3.05, 3.63) is 29.3 Å². The zero-order valence-electron chi connectivity index (χ0n) is 11.6. The number of nitrogens with zero attached hydrogens (tertiary/aromatic N) is 1. The van der Waals surface area contributed by atoms with Crippen LogP contribution >= 0.6 is 15.9 Å². The van der Waals surface area contributed by atoms with Gasteiger partial charge in [-0.3, -0.25) is 9.59 Å². The fourth-order valence-electron chi connectivity index (χ4n) is 2.64. The molecule has 0 aromatic heterocycles. The Morgan fingerprint density at radius 1 is 1.45 bits per heavy atom. The van der Waals surface area contributed by atoms with E-state index in [-0.39, 0.29) is 12.2 Å². The number of aliphatic hydroxyl groups is 1. The van der Waals surface area contributed by atoms with Crippen molar-refractivity contribution in [3.63, 3.8) is 0 Å². The van der Waals surface area contributed by atoms with Gasteiger partial charge >= 0.3 is 0 Å². The summed E-state index contributed by atoms with van der Waals surface area (Å²) in [4.78, 5) is 25.6. The topological polar surface area (TPSA) is 57.6 Å². The van der Waals surface area contributed by atoms with Gasteiger partial charge in [-0.05, 0) is 26.3 Å². The van der Waals surface area contributed by atoms with E-state index in [4.69, 9.17) is 0 Å². The number of amides is 1. The molecule has 108 valence electrons. The minimum atomic E-state index is -1.71. The van der Waals surface area contributed by atoms with Gasteiger partial charge in [0.25, 0.3) is 5.91 Å². The fourth-order valence-corrected chi connectivity index (χ4v) is 2.89. The lowest BCUT2D eigenvalue weighted by Crippen LogP contribution is -2.42. The number of rotatable bonds is 5. The van der Waals surface area contributed by atoms with Crippen LogP contribution in [0.15, 0.2) is 18.2 Å². The van der Waals surface area contributed by atoms with E-state index in [1.807, 2.05) is 19.1 Å². The van der Waals surface area contributed by atoms with Crippen molar-refractivity contribution in [2.45, 2.75) is 32.3 Å². The standard InChI is InChI=1S/C15H18BrNO3/c1-10-4-5-13-12(8-10)15(20,9-11(2)18)14(19)17(13)7-3-6-16/h4-5,8,20H,3,6-7,9H2,1-2H3. The molecule has 0 saturated carbocycles. The summed E-state index contributed by atoms with van der Waals surface area (Å²) in [6.07, 6.45) is 0.613. The van der Waals surface area contributed by atoms with Gasteiger partial charge in [0, 0.05) is 23.9 Å². The second-order valence-electron chi connectivity index (χ2n) is 5.26. The highest BCUT2D eigenvalue weighted by atomic mass is 79.9. The Labute approximate surface area is 126 Å². The highest BCUT2D eigenvalue weighted by molar-refractivity contribution is 9.09. The number of halogens is 1. The third-order valence-electron chi connectivity index (χ3n) is 3.51. The summed E-state index contributed by atoms with van der Waals surface area (Å²) >= 11 is 3.34. The first-order valence-corrected chi connectivity index (χ1v) is 7.73. The number of aryl methyl sites for hydroxylation is 1. The van der Waals surface area contributed by atoms with Crippen molar-refractivity contribution >= 4 is 33.3 Å². The molecule has 0 bridgehead atoms. The van der Waals surface area contributed by atoms with E-state index in [1.165, 1.54) is 6.92 Å². The first-order valence-electron chi connectivity index (χ1n) is 6.61. The summed E-state index contributed by atoms with van der Waals surface area (Å²) in [6, 6.07) is 5.55. The van der Waals surface area contributed by atoms with Gasteiger partial charge in [-0.2, -0.15) is 0 Å². The summed E-state index contributed by atoms with van der Waals surface area (Å²) in [6.45, 7) is 3.82. The van der Waals surface area contributed by atoms with E-state index in [0.29, 0.717) is 17.8 Å². The van der Waals surface area contributed by atoms with Gasteiger partial charge in [0.1, 0.15) is 5.78 Å². The number of Topliss-reactive ketones (excluding diaryl/α,β-unsaturated/α-hetero) is 1. The zero-order chi connectivity index (χ0) is 14.9. The van der Waals surface area contributed by atoms with Crippen LogP contribution < -0.4 is 4.90 Å². The first kappa shape index (κ1) is 15.2. The number of alkyl halides is 1. The number of ketones is 1. The molecule has 1 N–H and O–H groups in total. The molecule has 1 unspecified atom stereocenters. The van der Waals surface area contributed by atoms with E-state index in [9.17, 15) is 14.7 Å². The maximum atomic E-state index is 12.5. The minimum absolute atomic E-state index is 0.174. The SMILES string of the molecule is CC(=O)CC1(O)C(=O)N(CCCBr)c2ccc(C)cc21. The van der Waals surface area contributed by atoms with Crippen LogP contribution in [-0.2, 0) is 15.2 Å². The van der Waals surface area contributed by atoms with Crippen LogP contribution in [0.3, 0.4) is 0 Å². The van der Waals surface area contributed by atoms with Crippen molar-refractivity contribution in [2.24, 2.45) is 0 Å². The lowest BCUT2D eigenvalue weighted by Gasteiger charge is -2.22. The van der Waals surface area contributed by atoms with Crippen molar-refractivity contribution in [3.8, 4) is 0 Å². The average Bonchev–Trinajstić information content (AvgIpc) is 2.57. The molecule has 1 aliphatic rings. The summed E-state index contributed by atoms with van der Waals surface area (Å²) in [5, 5.41) is 11.5. The van der Waals surface area contributed by atoms with Crippen molar-refractivity contribution < 1.29 is 14.7 Å². The van der Waals surface area contributed by atoms with Gasteiger partial charge < -0.3 is 10.0 Å². The number of benzene rings is 1. The van der Waals surface area contributed by atoms with Crippen LogP contribution in [0.1, 0.15) is 30.9 Å². The normalized spacial score (nSPS) is 21.2. The quantitative estimate of drug-likeness (QED) is 0.837. The maximum absolute atomic E-state index is 12.5. The Morgan fingerprint density at radius 2 is 2.15 bits per heavy atom. The molecule has 0 aliphatic carbocycles. The molecule has 0 fully saturated rings. The first-order chi connectivity index (χ1) is 9.40. The molecule has 20 heavy (non-hydrogen) atoms. The van der Waals surface area contributed by atoms with E-state index in [1.54, 1.807) is 11.0 Å². The van der Waals surface area contributed by atoms with Gasteiger partial charge in [0.15, 0.2) is 5.60 Å². The smallest absolute Gasteiger partial charge is 0.264 e. The van der Waals surface area contributed by atoms with Crippen LogP contribution in [0.2, 0.25) is 0 Å². The number of carbonyl (C=O) groups excluding carboxylic acids is 2. The Hall–Kier alpha value is -1.20. The van der Waals surface area contributed by atoms with Crippen LogP contribution in [-0.4, -0.2) is 28.7 Å². The Kier molecular flexibility index (Phi) is 4.30. The predicted molar refractivity (Wildman–Crippen MR) is 81.1 cm³/mol. The van der Waals surface area contributed by atoms with Crippen molar-refractivity contribution in [1.29, 1.82) is 0 Å². The number of fused-ring (bicyclic) bond motifs is 1. The molecule has 1 aromatic carbocycles. The fraction of sp³-hybridized carbons (Fsp3) is 0.467. The van der Waals surface area contributed by atoms with E-state index >= 15 is 0 Å². The monoisotopic (exact) mass is 339 g/mol. The van der Waals surface area contributed by atoms with Crippen molar-refractivity contribution in [1.82, 2.24) is 0 Å². The third kappa shape index (κ3) is 2.52. The summed E-state index contributed by atoms with van der Waals surface area (Å²) in [5.74, 6) is -0.593. The predicted octanol–water partition coefficient (Wildman–Crippen LogP) is 2.29. The lowest BCUT2D eigenvalue weighted by atomic mass is 9.89. The lowest BCUT2D eigenvalue weighted by molar-refractivity contribution is -0.141. The van der Waals surface area contributed by atoms with Crippen LogP contribution in [0, 0.1) is 6.92 Å². The molecule has 0 saturated heterocycles. The van der Waals surface area contributed by atoms with Crippen LogP contribution in [0.4, 0.5) is 5.69 Å². The molecule has 1 aliphatic heterocycles. The molecule has 4 nitrogen and oxygen atoms in total. The van der Waals surface area contributed by atoms with Gasteiger partial charge in [-0.1, -0.05) is 33.6 Å². The van der Waals surface area contributed by atoms with Crippen molar-refractivity contribution in [2.75, 3.05) is 16.8 Å². The van der Waals surface area contributed by atoms with Gasteiger partial charge in [0.05, 0.1) is 5.69 Å². The Bertz CT molecular complexity index is 558. The molecule has 1 aromatic rings. The van der Waals surface area contributed by atoms with Gasteiger partial charge in [0.2, 0.25) is 0 Å². The van der Waals surface area contributed by atoms with Crippen LogP contribution in [0.25, 0.3) is 0 Å². The molecule has 5 heteroatoms. The van der Waals surface area contributed by atoms with E-state index in [0.717, 1.165) is 17.3 Å². The third-order valence-corrected chi connectivity index (χ3v) is 4.07. The molecule has 0 radical (unpaired) electrons. The number of carbonyl (C=O) groups is 2. The molecule has 2 rings (SSSR count). The molecule has 1 heterocycles. The minimum Gasteiger partial charge on any atom is -0.375 e. The number of hydrogen-bond acceptors (Lipinski definition) is 3. The largest absolute Gasteiger partial charge is 0.375 e. The number of anilines is 1. The number of hydrogen-bond donors (Lipinski definition) is 1. The Morgan fingerprint density at radius 3 is 2.75 bits per heavy atom. The molecular weight excluding hydrogens is 322 g/mol. The summed E-state index contributed by atoms with van der Waals surface area (Å²) in [5.41, 5.74) is 0.512. The van der Waals surface area contributed by atoms with Gasteiger partial charge in [-0.15, -0.1) is 0 Å². The second kappa shape index (κ2) is 5.66. The molecule has 1 atom stereocenters. The van der Waals surface area contributed by atoms with E-state index < -0.39 is 11.5 Å². The zero-order valence-corrected chi connectivity index (χ0v) is 13.2. The van der Waals surface area contributed by atoms with Crippen LogP contribution in [0.5, 0.6) is 0 Å². The maximum Gasteiger partial charge on any atom is 0.264 e. The second-order valence-corrected chi connectivity index (χ2v) is 6.05. The van der Waals surface area contributed by atoms with Gasteiger partial charge in [-0.25, -0.2) is 0 Å².